The van der Waals surface area contributed by atoms with Gasteiger partial charge in [0.1, 0.15) is 17.7 Å². The van der Waals surface area contributed by atoms with Gasteiger partial charge in [0.15, 0.2) is 5.82 Å². The first-order chi connectivity index (χ1) is 20.1. The Kier molecular flexibility index (Phi) is 6.79. The highest BCUT2D eigenvalue weighted by molar-refractivity contribution is 5.77. The predicted molar refractivity (Wildman–Crippen MR) is 154 cm³/mol. The number of piperazine rings is 1. The lowest BCUT2D eigenvalue weighted by Crippen LogP contribution is -2.47. The van der Waals surface area contributed by atoms with Crippen molar-refractivity contribution < 1.29 is 9.13 Å². The summed E-state index contributed by atoms with van der Waals surface area (Å²) in [7, 11) is 0. The monoisotopic (exact) mass is 553 g/mol. The number of fused-ring (bicyclic) bond motifs is 1. The Morgan fingerprint density at radius 2 is 1.56 bits per heavy atom. The second kappa shape index (κ2) is 10.9. The lowest BCUT2D eigenvalue weighted by molar-refractivity contribution is 0.0662. The van der Waals surface area contributed by atoms with Gasteiger partial charge >= 0.3 is 0 Å². The van der Waals surface area contributed by atoms with Crippen molar-refractivity contribution in [3.8, 4) is 11.1 Å². The van der Waals surface area contributed by atoms with Gasteiger partial charge in [-0.2, -0.15) is 10.2 Å². The van der Waals surface area contributed by atoms with E-state index in [0.29, 0.717) is 6.04 Å². The first-order valence-electron chi connectivity index (χ1n) is 14.2. The molecule has 5 aromatic rings. The molecule has 11 heteroatoms. The van der Waals surface area contributed by atoms with Crippen LogP contribution in [0.15, 0.2) is 67.6 Å². The zero-order valence-corrected chi connectivity index (χ0v) is 23.0. The molecule has 1 unspecified atom stereocenters. The molecule has 1 aromatic carbocycles. The minimum Gasteiger partial charge on any atom is -0.381 e. The molecule has 7 rings (SSSR count). The lowest BCUT2D eigenvalue weighted by atomic mass is 9.95. The van der Waals surface area contributed by atoms with Gasteiger partial charge in [-0.1, -0.05) is 19.1 Å². The molecule has 210 valence electrons. The molecule has 0 radical (unpaired) electrons. The molecule has 4 aromatic heterocycles. The van der Waals surface area contributed by atoms with Gasteiger partial charge in [-0.25, -0.2) is 23.9 Å². The highest BCUT2D eigenvalue weighted by Gasteiger charge is 2.23. The fourth-order valence-electron chi connectivity index (χ4n) is 5.74. The summed E-state index contributed by atoms with van der Waals surface area (Å²) in [4.78, 5) is 18.5. The van der Waals surface area contributed by atoms with Crippen molar-refractivity contribution in [1.82, 2.24) is 34.3 Å². The van der Waals surface area contributed by atoms with Crippen molar-refractivity contribution in [3.05, 3.63) is 84.6 Å². The van der Waals surface area contributed by atoms with E-state index in [0.717, 1.165) is 91.8 Å². The summed E-state index contributed by atoms with van der Waals surface area (Å²) in [6, 6.07) is 9.14. The van der Waals surface area contributed by atoms with Crippen molar-refractivity contribution in [3.63, 3.8) is 0 Å². The van der Waals surface area contributed by atoms with Gasteiger partial charge in [0.05, 0.1) is 12.2 Å². The first-order valence-corrected chi connectivity index (χ1v) is 14.2. The molecule has 41 heavy (non-hydrogen) atoms. The third kappa shape index (κ3) is 5.13. The van der Waals surface area contributed by atoms with Crippen LogP contribution >= 0.6 is 0 Å². The smallest absolute Gasteiger partial charge is 0.225 e. The second-order valence-corrected chi connectivity index (χ2v) is 10.8. The van der Waals surface area contributed by atoms with Crippen molar-refractivity contribution >= 4 is 17.3 Å². The van der Waals surface area contributed by atoms with E-state index in [1.807, 2.05) is 41.4 Å². The van der Waals surface area contributed by atoms with E-state index in [2.05, 4.69) is 58.8 Å². The molecular weight excluding hydrogens is 521 g/mol. The average Bonchev–Trinajstić information content (AvgIpc) is 3.70. The minimum absolute atomic E-state index is 0.0878. The van der Waals surface area contributed by atoms with Crippen LogP contribution in [0, 0.1) is 5.82 Å². The Morgan fingerprint density at radius 1 is 0.829 bits per heavy atom. The maximum atomic E-state index is 13.3. The number of ether oxygens (including phenoxy) is 1. The zero-order chi connectivity index (χ0) is 27.8. The summed E-state index contributed by atoms with van der Waals surface area (Å²) in [6.45, 7) is 6.83. The van der Waals surface area contributed by atoms with Gasteiger partial charge in [-0.3, -0.25) is 4.68 Å². The summed E-state index contributed by atoms with van der Waals surface area (Å²) in [5, 5.41) is 9.12. The van der Waals surface area contributed by atoms with Crippen molar-refractivity contribution in [2.24, 2.45) is 0 Å². The zero-order valence-electron chi connectivity index (χ0n) is 23.0. The van der Waals surface area contributed by atoms with E-state index in [1.165, 1.54) is 12.1 Å². The minimum atomic E-state index is -0.232. The molecule has 0 saturated carbocycles. The van der Waals surface area contributed by atoms with Crippen LogP contribution in [0.2, 0.25) is 0 Å². The number of rotatable bonds is 6. The first kappa shape index (κ1) is 25.6. The van der Waals surface area contributed by atoms with E-state index in [4.69, 9.17) is 4.74 Å². The lowest BCUT2D eigenvalue weighted by Gasteiger charge is -2.35. The van der Waals surface area contributed by atoms with Gasteiger partial charge in [-0.05, 0) is 42.2 Å². The molecule has 0 spiro atoms. The topological polar surface area (TPSA) is 89.5 Å². The van der Waals surface area contributed by atoms with Gasteiger partial charge < -0.3 is 14.5 Å². The van der Waals surface area contributed by atoms with Gasteiger partial charge in [0.25, 0.3) is 0 Å². The Morgan fingerprint density at radius 3 is 2.32 bits per heavy atom. The molecule has 0 bridgehead atoms. The molecule has 0 aliphatic carbocycles. The Labute approximate surface area is 237 Å². The molecule has 10 nitrogen and oxygen atoms in total. The summed E-state index contributed by atoms with van der Waals surface area (Å²) < 4.78 is 22.8. The predicted octanol–water partition coefficient (Wildman–Crippen LogP) is 4.35. The number of hydrogen-bond acceptors (Lipinski definition) is 8. The Hall–Kier alpha value is -4.38. The Balaban J connectivity index is 1.03. The van der Waals surface area contributed by atoms with E-state index in [9.17, 15) is 4.39 Å². The molecule has 6 heterocycles. The standard InChI is InChI=1S/C30H32FN9O/c1-21(22-2-4-26(31)5-3-22)24-15-32-30(33-16-24)38-10-8-37(9-11-38)29-28-14-23(18-40(28)36-20-34-29)25-17-35-39(19-25)27-6-12-41-13-7-27/h2-5,14-21,27H,6-13H2,1H3. The molecule has 2 fully saturated rings. The van der Waals surface area contributed by atoms with Crippen molar-refractivity contribution in [1.29, 1.82) is 0 Å². The maximum Gasteiger partial charge on any atom is 0.225 e. The van der Waals surface area contributed by atoms with E-state index < -0.39 is 0 Å². The molecular formula is C30H32FN9O. The second-order valence-electron chi connectivity index (χ2n) is 10.8. The quantitative estimate of drug-likeness (QED) is 0.307. The maximum absolute atomic E-state index is 13.3. The number of anilines is 2. The van der Waals surface area contributed by atoms with E-state index >= 15 is 0 Å². The van der Waals surface area contributed by atoms with Crippen LogP contribution in [0.25, 0.3) is 16.6 Å². The SMILES string of the molecule is CC(c1ccc(F)cc1)c1cnc(N2CCN(c3ncnn4cc(-c5cnn(C6CCOCC6)c5)cc34)CC2)nc1. The number of nitrogens with zero attached hydrogens (tertiary/aromatic N) is 9. The molecule has 1 atom stereocenters. The van der Waals surface area contributed by atoms with E-state index in [-0.39, 0.29) is 11.7 Å². The van der Waals surface area contributed by atoms with E-state index in [1.54, 1.807) is 6.33 Å². The molecule has 0 N–H and O–H groups in total. The number of benzene rings is 1. The molecule has 2 aliphatic heterocycles. The van der Waals surface area contributed by atoms with Crippen molar-refractivity contribution in [2.45, 2.75) is 31.7 Å². The number of aromatic nitrogens is 7. The summed E-state index contributed by atoms with van der Waals surface area (Å²) in [5.74, 6) is 1.50. The fraction of sp³-hybridized carbons (Fsp3) is 0.367. The fourth-order valence-corrected chi connectivity index (χ4v) is 5.74. The van der Waals surface area contributed by atoms with Crippen LogP contribution in [-0.4, -0.2) is 73.7 Å². The van der Waals surface area contributed by atoms with Crippen LogP contribution < -0.4 is 9.80 Å². The highest BCUT2D eigenvalue weighted by atomic mass is 19.1. The molecule has 0 amide bonds. The van der Waals surface area contributed by atoms with Crippen LogP contribution in [0.3, 0.4) is 0 Å². The summed E-state index contributed by atoms with van der Waals surface area (Å²) >= 11 is 0. The van der Waals surface area contributed by atoms with Crippen LogP contribution in [-0.2, 0) is 4.74 Å². The van der Waals surface area contributed by atoms with Gasteiger partial charge in [0.2, 0.25) is 5.95 Å². The van der Waals surface area contributed by atoms with Crippen LogP contribution in [0.5, 0.6) is 0 Å². The molecule has 2 aliphatic rings. The van der Waals surface area contributed by atoms with Gasteiger partial charge in [-0.15, -0.1) is 0 Å². The van der Waals surface area contributed by atoms with Gasteiger partial charge in [0, 0.05) is 81.2 Å². The average molecular weight is 554 g/mol. The number of halogens is 1. The number of hydrogen-bond donors (Lipinski definition) is 0. The third-order valence-corrected chi connectivity index (χ3v) is 8.28. The normalized spacial score (nSPS) is 17.3. The Bertz CT molecular complexity index is 1620. The third-order valence-electron chi connectivity index (χ3n) is 8.28. The highest BCUT2D eigenvalue weighted by Crippen LogP contribution is 2.30. The summed E-state index contributed by atoms with van der Waals surface area (Å²) in [5.41, 5.74) is 5.17. The molecule has 2 saturated heterocycles. The van der Waals surface area contributed by atoms with Crippen LogP contribution in [0.1, 0.15) is 42.9 Å². The van der Waals surface area contributed by atoms with Crippen LogP contribution in [0.4, 0.5) is 16.2 Å². The summed E-state index contributed by atoms with van der Waals surface area (Å²) in [6.07, 6.45) is 13.5. The largest absolute Gasteiger partial charge is 0.381 e. The van der Waals surface area contributed by atoms with Crippen molar-refractivity contribution in [2.75, 3.05) is 49.2 Å².